The van der Waals surface area contributed by atoms with E-state index in [-0.39, 0.29) is 22.5 Å². The van der Waals surface area contributed by atoms with E-state index in [2.05, 4.69) is 5.32 Å². The molecule has 1 heterocycles. The molecule has 2 N–H and O–H groups in total. The van der Waals surface area contributed by atoms with Crippen LogP contribution in [0.2, 0.25) is 5.22 Å². The van der Waals surface area contributed by atoms with Gasteiger partial charge in [-0.3, -0.25) is 4.79 Å². The maximum absolute atomic E-state index is 11.7. The summed E-state index contributed by atoms with van der Waals surface area (Å²) in [6.07, 6.45) is 0.419. The minimum Gasteiger partial charge on any atom is -0.478 e. The molecule has 5 nitrogen and oxygen atoms in total. The highest BCUT2D eigenvalue weighted by atomic mass is 35.5. The fraction of sp³-hybridized carbons (Fsp3) is 0.143. The fourth-order valence-corrected chi connectivity index (χ4v) is 1.93. The lowest BCUT2D eigenvalue weighted by Gasteiger charge is -2.06. The van der Waals surface area contributed by atoms with Crippen LogP contribution in [0.4, 0.5) is 0 Å². The molecule has 0 bridgehead atoms. The molecular weight excluding hydrogens is 282 g/mol. The number of amides is 1. The number of aromatic carboxylic acids is 1. The van der Waals surface area contributed by atoms with Crippen LogP contribution in [0.15, 0.2) is 40.8 Å². The first-order chi connectivity index (χ1) is 9.58. The van der Waals surface area contributed by atoms with Crippen molar-refractivity contribution in [3.05, 3.63) is 58.5 Å². The smallest absolute Gasteiger partial charge is 0.335 e. The molecule has 104 valence electrons. The van der Waals surface area contributed by atoms with E-state index in [1.807, 2.05) is 0 Å². The summed E-state index contributed by atoms with van der Waals surface area (Å²) in [5.41, 5.74) is 0.903. The Hall–Kier alpha value is -2.27. The van der Waals surface area contributed by atoms with Crippen LogP contribution in [0.1, 0.15) is 26.5 Å². The van der Waals surface area contributed by atoms with Gasteiger partial charge in [-0.05, 0) is 41.8 Å². The molecule has 0 unspecified atom stereocenters. The Labute approximate surface area is 120 Å². The van der Waals surface area contributed by atoms with Gasteiger partial charge in [0, 0.05) is 6.54 Å². The highest BCUT2D eigenvalue weighted by molar-refractivity contribution is 6.29. The summed E-state index contributed by atoms with van der Waals surface area (Å²) in [5, 5.41) is 11.8. The highest BCUT2D eigenvalue weighted by Gasteiger charge is 2.11. The van der Waals surface area contributed by atoms with Gasteiger partial charge in [0.1, 0.15) is 0 Å². The molecule has 0 aliphatic heterocycles. The van der Waals surface area contributed by atoms with Crippen molar-refractivity contribution >= 4 is 23.5 Å². The first-order valence-corrected chi connectivity index (χ1v) is 6.30. The monoisotopic (exact) mass is 293 g/mol. The molecule has 0 saturated heterocycles. The summed E-state index contributed by atoms with van der Waals surface area (Å²) in [6, 6.07) is 9.64. The van der Waals surface area contributed by atoms with Gasteiger partial charge in [0.15, 0.2) is 11.0 Å². The number of carboxylic acid groups (broad SMARTS) is 1. The standard InChI is InChI=1S/C14H12ClNO4/c15-12-6-5-11(20-12)13(17)16-8-7-9-3-1-2-4-10(9)14(18)19/h1-6H,7-8H2,(H,16,17)(H,18,19). The Balaban J connectivity index is 1.93. The molecule has 0 aliphatic rings. The quantitative estimate of drug-likeness (QED) is 0.888. The number of hydrogen-bond donors (Lipinski definition) is 2. The molecule has 2 rings (SSSR count). The topological polar surface area (TPSA) is 79.5 Å². The Bertz CT molecular complexity index is 636. The molecule has 0 fully saturated rings. The molecule has 0 atom stereocenters. The number of benzene rings is 1. The van der Waals surface area contributed by atoms with Gasteiger partial charge in [-0.1, -0.05) is 18.2 Å². The van der Waals surface area contributed by atoms with Crippen LogP contribution in [0.3, 0.4) is 0 Å². The van der Waals surface area contributed by atoms with E-state index in [1.165, 1.54) is 18.2 Å². The van der Waals surface area contributed by atoms with E-state index in [1.54, 1.807) is 18.2 Å². The summed E-state index contributed by atoms with van der Waals surface area (Å²) in [7, 11) is 0. The van der Waals surface area contributed by atoms with Gasteiger partial charge in [-0.15, -0.1) is 0 Å². The molecule has 1 aromatic heterocycles. The van der Waals surface area contributed by atoms with Crippen molar-refractivity contribution in [3.63, 3.8) is 0 Å². The molecule has 0 aliphatic carbocycles. The predicted molar refractivity (Wildman–Crippen MR) is 73.2 cm³/mol. The number of carboxylic acids is 1. The second kappa shape index (κ2) is 6.25. The average molecular weight is 294 g/mol. The number of carbonyl (C=O) groups excluding carboxylic acids is 1. The maximum Gasteiger partial charge on any atom is 0.335 e. The van der Waals surface area contributed by atoms with Crippen molar-refractivity contribution < 1.29 is 19.1 Å². The van der Waals surface area contributed by atoms with Gasteiger partial charge in [-0.2, -0.15) is 0 Å². The van der Waals surface area contributed by atoms with Crippen LogP contribution in [0, 0.1) is 0 Å². The molecule has 0 radical (unpaired) electrons. The number of hydrogen-bond acceptors (Lipinski definition) is 3. The number of carbonyl (C=O) groups is 2. The average Bonchev–Trinajstić information content (AvgIpc) is 2.86. The minimum atomic E-state index is -0.982. The predicted octanol–water partition coefficient (Wildman–Crippen LogP) is 2.60. The zero-order chi connectivity index (χ0) is 14.5. The largest absolute Gasteiger partial charge is 0.478 e. The Kier molecular flexibility index (Phi) is 4.42. The van der Waals surface area contributed by atoms with Gasteiger partial charge in [0.2, 0.25) is 0 Å². The minimum absolute atomic E-state index is 0.126. The number of furan rings is 1. The zero-order valence-electron chi connectivity index (χ0n) is 10.4. The second-order valence-corrected chi connectivity index (χ2v) is 4.44. The lowest BCUT2D eigenvalue weighted by Crippen LogP contribution is -2.25. The van der Waals surface area contributed by atoms with Crippen molar-refractivity contribution in [1.82, 2.24) is 5.32 Å². The molecule has 0 saturated carbocycles. The third-order valence-electron chi connectivity index (χ3n) is 2.72. The number of nitrogens with one attached hydrogen (secondary N) is 1. The Morgan fingerprint density at radius 2 is 1.95 bits per heavy atom. The summed E-state index contributed by atoms with van der Waals surface area (Å²) in [5.74, 6) is -1.24. The van der Waals surface area contributed by atoms with Crippen LogP contribution in [0.25, 0.3) is 0 Å². The van der Waals surface area contributed by atoms with Gasteiger partial charge < -0.3 is 14.8 Å². The van der Waals surface area contributed by atoms with Gasteiger partial charge in [0.05, 0.1) is 5.56 Å². The summed E-state index contributed by atoms with van der Waals surface area (Å²) >= 11 is 5.58. The van der Waals surface area contributed by atoms with E-state index in [0.29, 0.717) is 18.5 Å². The van der Waals surface area contributed by atoms with E-state index < -0.39 is 5.97 Å². The second-order valence-electron chi connectivity index (χ2n) is 4.07. The lowest BCUT2D eigenvalue weighted by molar-refractivity contribution is 0.0695. The van der Waals surface area contributed by atoms with Gasteiger partial charge >= 0.3 is 5.97 Å². The van der Waals surface area contributed by atoms with Crippen molar-refractivity contribution in [1.29, 1.82) is 0 Å². The maximum atomic E-state index is 11.7. The van der Waals surface area contributed by atoms with Crippen molar-refractivity contribution in [2.75, 3.05) is 6.54 Å². The Morgan fingerprint density at radius 1 is 1.20 bits per heavy atom. The van der Waals surface area contributed by atoms with E-state index in [4.69, 9.17) is 21.1 Å². The third kappa shape index (κ3) is 3.39. The Morgan fingerprint density at radius 3 is 2.60 bits per heavy atom. The van der Waals surface area contributed by atoms with Crippen molar-refractivity contribution in [3.8, 4) is 0 Å². The molecule has 6 heteroatoms. The van der Waals surface area contributed by atoms with E-state index in [9.17, 15) is 9.59 Å². The first kappa shape index (κ1) is 14.1. The highest BCUT2D eigenvalue weighted by Crippen LogP contribution is 2.13. The first-order valence-electron chi connectivity index (χ1n) is 5.92. The summed E-state index contributed by atoms with van der Waals surface area (Å²) in [4.78, 5) is 22.7. The van der Waals surface area contributed by atoms with Crippen LogP contribution in [-0.4, -0.2) is 23.5 Å². The van der Waals surface area contributed by atoms with Gasteiger partial charge in [-0.25, -0.2) is 4.79 Å². The molecule has 2 aromatic rings. The third-order valence-corrected chi connectivity index (χ3v) is 2.93. The SMILES string of the molecule is O=C(NCCc1ccccc1C(=O)O)c1ccc(Cl)o1. The molecule has 1 aromatic carbocycles. The van der Waals surface area contributed by atoms with Crippen LogP contribution >= 0.6 is 11.6 Å². The normalized spacial score (nSPS) is 10.2. The fourth-order valence-electron chi connectivity index (χ4n) is 1.78. The van der Waals surface area contributed by atoms with Crippen LogP contribution in [0.5, 0.6) is 0 Å². The van der Waals surface area contributed by atoms with Gasteiger partial charge in [0.25, 0.3) is 5.91 Å². The number of halogens is 1. The van der Waals surface area contributed by atoms with E-state index in [0.717, 1.165) is 0 Å². The van der Waals surface area contributed by atoms with Crippen LogP contribution < -0.4 is 5.32 Å². The molecule has 1 amide bonds. The molecular formula is C14H12ClNO4. The molecule has 0 spiro atoms. The van der Waals surface area contributed by atoms with E-state index >= 15 is 0 Å². The number of rotatable bonds is 5. The van der Waals surface area contributed by atoms with Crippen molar-refractivity contribution in [2.45, 2.75) is 6.42 Å². The zero-order valence-corrected chi connectivity index (χ0v) is 11.2. The summed E-state index contributed by atoms with van der Waals surface area (Å²) < 4.78 is 4.97. The molecule has 20 heavy (non-hydrogen) atoms. The lowest BCUT2D eigenvalue weighted by atomic mass is 10.0. The summed E-state index contributed by atoms with van der Waals surface area (Å²) in [6.45, 7) is 0.307. The van der Waals surface area contributed by atoms with Crippen LogP contribution in [-0.2, 0) is 6.42 Å². The van der Waals surface area contributed by atoms with Crippen molar-refractivity contribution in [2.24, 2.45) is 0 Å².